The highest BCUT2D eigenvalue weighted by molar-refractivity contribution is 9.10. The number of methoxy groups -OCH3 is 2. The molecule has 1 aliphatic rings. The minimum Gasteiger partial charge on any atom is -0.497 e. The van der Waals surface area contributed by atoms with Crippen LogP contribution in [0, 0.1) is 0 Å². The number of rotatable bonds is 7. The van der Waals surface area contributed by atoms with Crippen molar-refractivity contribution in [3.8, 4) is 5.75 Å². The Morgan fingerprint density at radius 1 is 1.17 bits per heavy atom. The van der Waals surface area contributed by atoms with E-state index < -0.39 is 12.0 Å². The Kier molecular flexibility index (Phi) is 7.47. The molecule has 2 aromatic carbocycles. The van der Waals surface area contributed by atoms with E-state index >= 15 is 0 Å². The highest BCUT2D eigenvalue weighted by Crippen LogP contribution is 2.35. The van der Waals surface area contributed by atoms with Crippen LogP contribution in [0.1, 0.15) is 18.5 Å². The maximum Gasteiger partial charge on any atom is 0.338 e. The quantitative estimate of drug-likeness (QED) is 0.351. The van der Waals surface area contributed by atoms with Crippen molar-refractivity contribution in [1.29, 1.82) is 0 Å². The summed E-state index contributed by atoms with van der Waals surface area (Å²) in [5.74, 6) is 0.325. The van der Waals surface area contributed by atoms with Crippen molar-refractivity contribution in [2.45, 2.75) is 13.0 Å². The number of anilines is 1. The smallest absolute Gasteiger partial charge is 0.338 e. The van der Waals surface area contributed by atoms with Gasteiger partial charge < -0.3 is 19.5 Å². The van der Waals surface area contributed by atoms with Gasteiger partial charge in [-0.3, -0.25) is 4.90 Å². The molecule has 158 valence electrons. The number of hydrogen-bond acceptors (Lipinski definition) is 5. The summed E-state index contributed by atoms with van der Waals surface area (Å²) in [5, 5.41) is 3.80. The van der Waals surface area contributed by atoms with Gasteiger partial charge in [0.15, 0.2) is 5.11 Å². The molecule has 1 N–H and O–H groups in total. The van der Waals surface area contributed by atoms with Gasteiger partial charge in [-0.05, 0) is 61.1 Å². The molecule has 0 fully saturated rings. The summed E-state index contributed by atoms with van der Waals surface area (Å²) in [6, 6.07) is 14.8. The third kappa shape index (κ3) is 4.83. The third-order valence-electron chi connectivity index (χ3n) is 4.74. The molecule has 0 radical (unpaired) electrons. The molecule has 0 aliphatic carbocycles. The van der Waals surface area contributed by atoms with E-state index in [9.17, 15) is 4.79 Å². The Morgan fingerprint density at radius 2 is 1.90 bits per heavy atom. The second kappa shape index (κ2) is 10.1. The van der Waals surface area contributed by atoms with Crippen LogP contribution in [0.3, 0.4) is 0 Å². The number of nitrogens with one attached hydrogen (secondary N) is 1. The van der Waals surface area contributed by atoms with Crippen LogP contribution < -0.4 is 15.0 Å². The van der Waals surface area contributed by atoms with Gasteiger partial charge in [-0.15, -0.1) is 0 Å². The number of carbonyl (C=O) groups is 1. The largest absolute Gasteiger partial charge is 0.497 e. The minimum atomic E-state index is -0.431. The zero-order valence-corrected chi connectivity index (χ0v) is 19.4. The summed E-state index contributed by atoms with van der Waals surface area (Å²) >= 11 is 9.17. The number of thiocarbonyl (C=S) groups is 1. The van der Waals surface area contributed by atoms with Crippen LogP contribution in [0.15, 0.2) is 64.3 Å². The second-order valence-electron chi connectivity index (χ2n) is 6.60. The van der Waals surface area contributed by atoms with Crippen molar-refractivity contribution in [2.24, 2.45) is 0 Å². The summed E-state index contributed by atoms with van der Waals surface area (Å²) in [6.07, 6.45) is 0. The fourth-order valence-corrected chi connectivity index (χ4v) is 4.06. The van der Waals surface area contributed by atoms with Crippen LogP contribution in [0.5, 0.6) is 5.75 Å². The molecule has 0 spiro atoms. The molecule has 0 aromatic heterocycles. The lowest BCUT2D eigenvalue weighted by molar-refractivity contribution is -0.140. The van der Waals surface area contributed by atoms with E-state index in [0.29, 0.717) is 23.0 Å². The van der Waals surface area contributed by atoms with Gasteiger partial charge >= 0.3 is 5.97 Å². The third-order valence-corrected chi connectivity index (χ3v) is 5.53. The second-order valence-corrected chi connectivity index (χ2v) is 7.90. The van der Waals surface area contributed by atoms with E-state index in [1.54, 1.807) is 14.2 Å². The highest BCUT2D eigenvalue weighted by Gasteiger charge is 2.35. The predicted octanol–water partition coefficient (Wildman–Crippen LogP) is 4.36. The number of esters is 1. The highest BCUT2D eigenvalue weighted by atomic mass is 79.9. The van der Waals surface area contributed by atoms with Crippen LogP contribution in [0.2, 0.25) is 0 Å². The molecule has 1 unspecified atom stereocenters. The molecular formula is C22H23BrN2O4S. The van der Waals surface area contributed by atoms with Crippen molar-refractivity contribution < 1.29 is 19.0 Å². The topological polar surface area (TPSA) is 60.0 Å². The lowest BCUT2D eigenvalue weighted by atomic mass is 9.95. The fraction of sp³-hybridized carbons (Fsp3) is 0.273. The Balaban J connectivity index is 2.05. The van der Waals surface area contributed by atoms with Gasteiger partial charge in [0.25, 0.3) is 0 Å². The van der Waals surface area contributed by atoms with E-state index in [1.807, 2.05) is 60.4 Å². The van der Waals surface area contributed by atoms with Crippen molar-refractivity contribution in [1.82, 2.24) is 5.32 Å². The van der Waals surface area contributed by atoms with Gasteiger partial charge in [0.2, 0.25) is 0 Å². The molecule has 0 saturated carbocycles. The van der Waals surface area contributed by atoms with Gasteiger partial charge in [-0.1, -0.05) is 28.1 Å². The first-order valence-corrected chi connectivity index (χ1v) is 10.5. The zero-order chi connectivity index (χ0) is 21.7. The summed E-state index contributed by atoms with van der Waals surface area (Å²) in [4.78, 5) is 14.9. The first kappa shape index (κ1) is 22.3. The molecule has 0 saturated heterocycles. The van der Waals surface area contributed by atoms with E-state index in [2.05, 4.69) is 21.2 Å². The first-order chi connectivity index (χ1) is 14.5. The van der Waals surface area contributed by atoms with E-state index in [-0.39, 0.29) is 6.61 Å². The molecule has 3 rings (SSSR count). The maximum atomic E-state index is 13.1. The average Bonchev–Trinajstić information content (AvgIpc) is 2.74. The average molecular weight is 491 g/mol. The summed E-state index contributed by atoms with van der Waals surface area (Å²) in [7, 11) is 3.18. The Morgan fingerprint density at radius 3 is 2.53 bits per heavy atom. The SMILES string of the molecule is COCCOC(=O)C1=C(C)N(c2ccc(OC)cc2)C(=S)NC1c1cccc(Br)c1. The molecule has 6 nitrogen and oxygen atoms in total. The van der Waals surface area contributed by atoms with Crippen molar-refractivity contribution in [3.63, 3.8) is 0 Å². The van der Waals surface area contributed by atoms with E-state index in [4.69, 9.17) is 26.4 Å². The van der Waals surface area contributed by atoms with Crippen LogP contribution >= 0.6 is 28.1 Å². The van der Waals surface area contributed by atoms with Gasteiger partial charge in [-0.2, -0.15) is 0 Å². The number of hydrogen-bond donors (Lipinski definition) is 1. The van der Waals surface area contributed by atoms with Crippen molar-refractivity contribution >= 4 is 44.9 Å². The Hall–Kier alpha value is -2.42. The Labute approximate surface area is 189 Å². The van der Waals surface area contributed by atoms with Crippen LogP contribution in [-0.4, -0.2) is 38.5 Å². The minimum absolute atomic E-state index is 0.171. The number of carbonyl (C=O) groups excluding carboxylic acids is 1. The van der Waals surface area contributed by atoms with Gasteiger partial charge in [-0.25, -0.2) is 4.79 Å². The summed E-state index contributed by atoms with van der Waals surface area (Å²) in [6.45, 7) is 2.37. The van der Waals surface area contributed by atoms with E-state index in [1.165, 1.54) is 0 Å². The standard InChI is InChI=1S/C22H23BrN2O4S/c1-14-19(21(26)29-12-11-27-2)20(15-5-4-6-16(23)13-15)24-22(30)25(14)17-7-9-18(28-3)10-8-17/h4-10,13,20H,11-12H2,1-3H3,(H,24,30). The zero-order valence-electron chi connectivity index (χ0n) is 17.0. The predicted molar refractivity (Wildman–Crippen MR) is 124 cm³/mol. The van der Waals surface area contributed by atoms with Crippen LogP contribution in [0.25, 0.3) is 0 Å². The van der Waals surface area contributed by atoms with Gasteiger partial charge in [0, 0.05) is 23.0 Å². The van der Waals surface area contributed by atoms with Gasteiger partial charge in [0.05, 0.1) is 25.3 Å². The molecule has 1 atom stereocenters. The molecule has 2 aromatic rings. The molecule has 1 aliphatic heterocycles. The normalized spacial score (nSPS) is 16.3. The van der Waals surface area contributed by atoms with Gasteiger partial charge in [0.1, 0.15) is 12.4 Å². The molecule has 8 heteroatoms. The molecule has 0 amide bonds. The number of nitrogens with zero attached hydrogens (tertiary/aromatic N) is 1. The number of allylic oxidation sites excluding steroid dienone is 1. The van der Waals surface area contributed by atoms with Crippen molar-refractivity contribution in [2.75, 3.05) is 32.3 Å². The molecule has 0 bridgehead atoms. The molecule has 30 heavy (non-hydrogen) atoms. The lowest BCUT2D eigenvalue weighted by Crippen LogP contribution is -2.48. The number of ether oxygens (including phenoxy) is 3. The maximum absolute atomic E-state index is 13.1. The molecule has 1 heterocycles. The first-order valence-electron chi connectivity index (χ1n) is 9.33. The Bertz CT molecular complexity index is 962. The number of benzene rings is 2. The number of halogens is 1. The molecular weight excluding hydrogens is 468 g/mol. The fourth-order valence-electron chi connectivity index (χ4n) is 3.28. The van der Waals surface area contributed by atoms with Crippen LogP contribution in [0.4, 0.5) is 5.69 Å². The summed E-state index contributed by atoms with van der Waals surface area (Å²) < 4.78 is 16.6. The van der Waals surface area contributed by atoms with Crippen LogP contribution in [-0.2, 0) is 14.3 Å². The lowest BCUT2D eigenvalue weighted by Gasteiger charge is -2.37. The summed E-state index contributed by atoms with van der Waals surface area (Å²) in [5.41, 5.74) is 2.92. The monoisotopic (exact) mass is 490 g/mol. The van der Waals surface area contributed by atoms with Crippen molar-refractivity contribution in [3.05, 3.63) is 69.8 Å². The van der Waals surface area contributed by atoms with E-state index in [0.717, 1.165) is 21.5 Å².